The molecule has 0 saturated carbocycles. The zero-order chi connectivity index (χ0) is 22.9. The lowest BCUT2D eigenvalue weighted by Crippen LogP contribution is -2.47. The third kappa shape index (κ3) is 4.24. The average molecular weight is 464 g/mol. The largest absolute Gasteiger partial charge is 0.497 e. The van der Waals surface area contributed by atoms with E-state index in [1.165, 1.54) is 10.5 Å². The third-order valence-electron chi connectivity index (χ3n) is 5.97. The second kappa shape index (κ2) is 8.75. The molecule has 168 valence electrons. The summed E-state index contributed by atoms with van der Waals surface area (Å²) < 4.78 is 10.9. The number of hydrogen-bond acceptors (Lipinski definition) is 5. The van der Waals surface area contributed by atoms with Crippen molar-refractivity contribution < 1.29 is 19.1 Å². The Balaban J connectivity index is 1.35. The smallest absolute Gasteiger partial charge is 0.266 e. The van der Waals surface area contributed by atoms with Crippen LogP contribution in [0.1, 0.15) is 11.1 Å². The summed E-state index contributed by atoms with van der Waals surface area (Å²) in [5.74, 6) is 1.22. The lowest BCUT2D eigenvalue weighted by molar-refractivity contribution is -0.132. The average Bonchev–Trinajstić information content (AvgIpc) is 2.84. The van der Waals surface area contributed by atoms with Crippen molar-refractivity contribution in [1.29, 1.82) is 0 Å². The first-order chi connectivity index (χ1) is 16.0. The molecular formula is C25H22ClN3O4. The number of fused-ring (bicyclic) bond motifs is 2. The maximum Gasteiger partial charge on any atom is 0.266 e. The Labute approximate surface area is 196 Å². The number of carbonyl (C=O) groups is 2. The second-order valence-electron chi connectivity index (χ2n) is 8.02. The van der Waals surface area contributed by atoms with Crippen LogP contribution in [0.5, 0.6) is 11.5 Å². The van der Waals surface area contributed by atoms with Gasteiger partial charge in [0.15, 0.2) is 18.2 Å². The summed E-state index contributed by atoms with van der Waals surface area (Å²) in [6.07, 6.45) is 2.40. The van der Waals surface area contributed by atoms with Gasteiger partial charge in [0.25, 0.3) is 5.91 Å². The number of amides is 2. The quantitative estimate of drug-likeness (QED) is 0.589. The van der Waals surface area contributed by atoms with E-state index in [4.69, 9.17) is 21.1 Å². The fraction of sp³-hybridized carbons (Fsp3) is 0.240. The van der Waals surface area contributed by atoms with Crippen molar-refractivity contribution in [3.8, 4) is 22.6 Å². The van der Waals surface area contributed by atoms with Gasteiger partial charge >= 0.3 is 0 Å². The molecule has 0 bridgehead atoms. The first-order valence-corrected chi connectivity index (χ1v) is 11.0. The van der Waals surface area contributed by atoms with Crippen LogP contribution in [0.4, 0.5) is 5.82 Å². The van der Waals surface area contributed by atoms with Crippen LogP contribution in [-0.4, -0.2) is 48.5 Å². The molecular weight excluding hydrogens is 442 g/mol. The van der Waals surface area contributed by atoms with E-state index in [1.807, 2.05) is 42.5 Å². The molecule has 3 aromatic rings. The fourth-order valence-corrected chi connectivity index (χ4v) is 4.37. The van der Waals surface area contributed by atoms with Crippen molar-refractivity contribution in [1.82, 2.24) is 9.88 Å². The molecule has 33 heavy (non-hydrogen) atoms. The maximum atomic E-state index is 13.1. The monoisotopic (exact) mass is 463 g/mol. The Morgan fingerprint density at radius 3 is 2.85 bits per heavy atom. The van der Waals surface area contributed by atoms with Gasteiger partial charge in [-0.2, -0.15) is 0 Å². The highest BCUT2D eigenvalue weighted by Crippen LogP contribution is 2.34. The molecule has 0 spiro atoms. The van der Waals surface area contributed by atoms with Crippen LogP contribution in [0.15, 0.2) is 54.7 Å². The van der Waals surface area contributed by atoms with Gasteiger partial charge in [0.1, 0.15) is 12.3 Å². The minimum Gasteiger partial charge on any atom is -0.497 e. The lowest BCUT2D eigenvalue weighted by atomic mass is 9.99. The highest BCUT2D eigenvalue weighted by molar-refractivity contribution is 6.30. The number of methoxy groups -OCH3 is 1. The maximum absolute atomic E-state index is 13.1. The van der Waals surface area contributed by atoms with E-state index in [9.17, 15) is 9.59 Å². The van der Waals surface area contributed by atoms with Gasteiger partial charge in [0, 0.05) is 29.9 Å². The van der Waals surface area contributed by atoms with E-state index in [0.717, 1.165) is 28.9 Å². The second-order valence-corrected chi connectivity index (χ2v) is 8.46. The number of ether oxygens (including phenoxy) is 2. The van der Waals surface area contributed by atoms with Gasteiger partial charge in [-0.1, -0.05) is 29.8 Å². The number of nitrogens with zero attached hydrogens (tertiary/aromatic N) is 3. The molecule has 8 heteroatoms. The topological polar surface area (TPSA) is 72.0 Å². The van der Waals surface area contributed by atoms with Crippen LogP contribution >= 0.6 is 11.6 Å². The van der Waals surface area contributed by atoms with Crippen molar-refractivity contribution in [2.45, 2.75) is 13.0 Å². The van der Waals surface area contributed by atoms with E-state index < -0.39 is 0 Å². The molecule has 0 radical (unpaired) electrons. The molecule has 5 rings (SSSR count). The van der Waals surface area contributed by atoms with Crippen molar-refractivity contribution >= 4 is 29.2 Å². The molecule has 2 aliphatic rings. The van der Waals surface area contributed by atoms with E-state index in [1.54, 1.807) is 24.3 Å². The van der Waals surface area contributed by atoms with Gasteiger partial charge in [-0.05, 0) is 53.4 Å². The van der Waals surface area contributed by atoms with E-state index in [0.29, 0.717) is 29.7 Å². The summed E-state index contributed by atoms with van der Waals surface area (Å²) in [5, 5.41) is 0.620. The van der Waals surface area contributed by atoms with Gasteiger partial charge in [-0.3, -0.25) is 14.5 Å². The summed E-state index contributed by atoms with van der Waals surface area (Å²) in [6.45, 7) is 0.879. The number of carbonyl (C=O) groups excluding carboxylic acids is 2. The molecule has 2 amide bonds. The number of hydrogen-bond donors (Lipinski definition) is 0. The Morgan fingerprint density at radius 1 is 1.15 bits per heavy atom. The number of pyridine rings is 1. The normalized spacial score (nSPS) is 14.9. The molecule has 0 atom stereocenters. The Kier molecular flexibility index (Phi) is 5.64. The Bertz CT molecular complexity index is 1250. The number of rotatable bonds is 4. The van der Waals surface area contributed by atoms with Crippen LogP contribution in [0.3, 0.4) is 0 Å². The van der Waals surface area contributed by atoms with Crippen LogP contribution in [-0.2, 0) is 22.6 Å². The zero-order valence-electron chi connectivity index (χ0n) is 18.1. The number of aromatic nitrogens is 1. The predicted molar refractivity (Wildman–Crippen MR) is 125 cm³/mol. The van der Waals surface area contributed by atoms with Crippen molar-refractivity contribution in [2.75, 3.05) is 31.7 Å². The summed E-state index contributed by atoms with van der Waals surface area (Å²) in [6, 6.07) is 15.1. The summed E-state index contributed by atoms with van der Waals surface area (Å²) in [5.41, 5.74) is 3.99. The van der Waals surface area contributed by atoms with Crippen LogP contribution in [0.25, 0.3) is 11.1 Å². The Morgan fingerprint density at radius 2 is 2.03 bits per heavy atom. The van der Waals surface area contributed by atoms with Gasteiger partial charge in [0.05, 0.1) is 7.11 Å². The number of halogens is 1. The molecule has 7 nitrogen and oxygen atoms in total. The van der Waals surface area contributed by atoms with Crippen LogP contribution < -0.4 is 14.4 Å². The Hall–Kier alpha value is -3.58. The molecule has 0 N–H and O–H groups in total. The van der Waals surface area contributed by atoms with Gasteiger partial charge in [-0.15, -0.1) is 0 Å². The SMILES string of the molecule is COc1ccc2c(c1)CCN(C(=O)CN1C(=O)COc3cc(-c4cccc(Cl)c4)cnc31)C2. The zero-order valence-corrected chi connectivity index (χ0v) is 18.8. The van der Waals surface area contributed by atoms with Gasteiger partial charge in [0.2, 0.25) is 5.91 Å². The van der Waals surface area contributed by atoms with E-state index >= 15 is 0 Å². The molecule has 2 aliphatic heterocycles. The van der Waals surface area contributed by atoms with E-state index in [-0.39, 0.29) is 25.0 Å². The standard InChI is InChI=1S/C25H22ClN3O4/c1-32-21-6-5-18-13-28(8-7-17(18)10-21)23(30)14-29-24(31)15-33-22-11-19(12-27-25(22)29)16-3-2-4-20(26)9-16/h2-6,9-12H,7-8,13-15H2,1H3. The molecule has 0 fully saturated rings. The molecule has 3 heterocycles. The lowest BCUT2D eigenvalue weighted by Gasteiger charge is -2.33. The van der Waals surface area contributed by atoms with Gasteiger partial charge < -0.3 is 14.4 Å². The minimum absolute atomic E-state index is 0.0792. The molecule has 0 aliphatic carbocycles. The fourth-order valence-electron chi connectivity index (χ4n) is 4.18. The van der Waals surface area contributed by atoms with Gasteiger partial charge in [-0.25, -0.2) is 4.98 Å². The van der Waals surface area contributed by atoms with E-state index in [2.05, 4.69) is 4.98 Å². The molecule has 0 saturated heterocycles. The molecule has 0 unspecified atom stereocenters. The summed E-state index contributed by atoms with van der Waals surface area (Å²) in [4.78, 5) is 33.4. The summed E-state index contributed by atoms with van der Waals surface area (Å²) >= 11 is 6.11. The third-order valence-corrected chi connectivity index (χ3v) is 6.21. The predicted octanol–water partition coefficient (Wildman–Crippen LogP) is 3.72. The highest BCUT2D eigenvalue weighted by Gasteiger charge is 2.31. The van der Waals surface area contributed by atoms with Crippen LogP contribution in [0.2, 0.25) is 5.02 Å². The van der Waals surface area contributed by atoms with Crippen molar-refractivity contribution in [2.24, 2.45) is 0 Å². The number of anilines is 1. The molecule has 2 aromatic carbocycles. The van der Waals surface area contributed by atoms with Crippen molar-refractivity contribution in [3.63, 3.8) is 0 Å². The number of benzene rings is 2. The first kappa shape index (κ1) is 21.3. The van der Waals surface area contributed by atoms with Crippen molar-refractivity contribution in [3.05, 3.63) is 70.9 Å². The van der Waals surface area contributed by atoms with Crippen LogP contribution in [0, 0.1) is 0 Å². The summed E-state index contributed by atoms with van der Waals surface area (Å²) in [7, 11) is 1.64. The highest BCUT2D eigenvalue weighted by atomic mass is 35.5. The molecule has 1 aromatic heterocycles. The minimum atomic E-state index is -0.291. The first-order valence-electron chi connectivity index (χ1n) is 10.6.